The fraction of sp³-hybridized carbons (Fsp3) is 0.742. The fourth-order valence-electron chi connectivity index (χ4n) is 9.13. The molecule has 1 amide bonds. The zero-order chi connectivity index (χ0) is 30.0. The van der Waals surface area contributed by atoms with Crippen LogP contribution in [-0.4, -0.2) is 74.6 Å². The molecule has 0 spiro atoms. The van der Waals surface area contributed by atoms with Gasteiger partial charge in [0.05, 0.1) is 23.9 Å². The summed E-state index contributed by atoms with van der Waals surface area (Å²) >= 11 is 0. The van der Waals surface area contributed by atoms with E-state index >= 15 is 0 Å². The molecule has 236 valence electrons. The maximum atomic E-state index is 14.4. The van der Waals surface area contributed by atoms with Crippen LogP contribution >= 0.6 is 0 Å². The second kappa shape index (κ2) is 11.2. The van der Waals surface area contributed by atoms with E-state index in [0.29, 0.717) is 43.0 Å². The molecule has 9 nitrogen and oxygen atoms in total. The minimum absolute atomic E-state index is 0.0629. The maximum absolute atomic E-state index is 14.4. The highest BCUT2D eigenvalue weighted by Crippen LogP contribution is 2.47. The molecule has 43 heavy (non-hydrogen) atoms. The Morgan fingerprint density at radius 3 is 2.30 bits per heavy atom. The van der Waals surface area contributed by atoms with Crippen LogP contribution in [0.3, 0.4) is 0 Å². The maximum Gasteiger partial charge on any atom is 0.418 e. The first-order valence-corrected chi connectivity index (χ1v) is 16.1. The van der Waals surface area contributed by atoms with Crippen molar-refractivity contribution in [1.29, 1.82) is 0 Å². The molecule has 6 atom stereocenters. The Kier molecular flexibility index (Phi) is 7.63. The van der Waals surface area contributed by atoms with E-state index in [9.17, 15) is 22.8 Å². The predicted molar refractivity (Wildman–Crippen MR) is 156 cm³/mol. The van der Waals surface area contributed by atoms with Gasteiger partial charge in [0.25, 0.3) is 0 Å². The summed E-state index contributed by atoms with van der Waals surface area (Å²) in [5.74, 6) is 1.55. The number of nitrogens with one attached hydrogen (secondary N) is 2. The van der Waals surface area contributed by atoms with E-state index in [0.717, 1.165) is 45.2 Å². The van der Waals surface area contributed by atoms with E-state index < -0.39 is 11.7 Å². The molecule has 0 aromatic carbocycles. The van der Waals surface area contributed by atoms with Crippen LogP contribution in [0.4, 0.5) is 13.2 Å². The summed E-state index contributed by atoms with van der Waals surface area (Å²) in [5.41, 5.74) is 6.02. The van der Waals surface area contributed by atoms with E-state index in [1.165, 1.54) is 35.9 Å². The van der Waals surface area contributed by atoms with Crippen molar-refractivity contribution in [3.8, 4) is 0 Å². The number of carbonyl (C=O) groups is 1. The normalized spacial score (nSPS) is 31.6. The molecule has 0 radical (unpaired) electrons. The molecule has 5 aliphatic rings. The minimum Gasteiger partial charge on any atom is -0.334 e. The van der Waals surface area contributed by atoms with Crippen LogP contribution in [0.1, 0.15) is 81.9 Å². The molecule has 5 fully saturated rings. The van der Waals surface area contributed by atoms with Crippen molar-refractivity contribution < 1.29 is 18.0 Å². The van der Waals surface area contributed by atoms with Gasteiger partial charge in [-0.2, -0.15) is 13.2 Å². The number of hydrazine groups is 1. The van der Waals surface area contributed by atoms with Crippen molar-refractivity contribution in [1.82, 2.24) is 34.5 Å². The molecule has 2 bridgehead atoms. The van der Waals surface area contributed by atoms with Gasteiger partial charge in [0, 0.05) is 57.1 Å². The third-order valence-corrected chi connectivity index (χ3v) is 11.2. The third-order valence-electron chi connectivity index (χ3n) is 11.2. The summed E-state index contributed by atoms with van der Waals surface area (Å²) in [4.78, 5) is 32.4. The number of rotatable bonds is 6. The van der Waals surface area contributed by atoms with Crippen molar-refractivity contribution in [3.05, 3.63) is 40.1 Å². The number of hydrogen-bond acceptors (Lipinski definition) is 6. The number of likely N-dealkylation sites (tertiary alicyclic amines) is 1. The molecule has 2 aromatic heterocycles. The lowest BCUT2D eigenvalue weighted by Crippen LogP contribution is -2.54. The van der Waals surface area contributed by atoms with Gasteiger partial charge in [-0.15, -0.1) is 0 Å². The number of pyridine rings is 1. The molecular formula is C31H44F3N7O2. The van der Waals surface area contributed by atoms with Crippen molar-refractivity contribution in [2.24, 2.45) is 17.8 Å². The average Bonchev–Trinajstić information content (AvgIpc) is 3.59. The average molecular weight is 604 g/mol. The highest BCUT2D eigenvalue weighted by Gasteiger charge is 2.44. The summed E-state index contributed by atoms with van der Waals surface area (Å²) in [6.45, 7) is 3.96. The number of nitrogens with zero attached hydrogens (tertiary/aromatic N) is 5. The van der Waals surface area contributed by atoms with Crippen LogP contribution in [0.2, 0.25) is 0 Å². The number of carbonyl (C=O) groups excluding carboxylic acids is 1. The summed E-state index contributed by atoms with van der Waals surface area (Å²) in [7, 11) is 2.12. The number of alkyl halides is 3. The minimum atomic E-state index is -4.58. The SMILES string of the molecule is CC(=O)N1C2CCC1CN(Cc1cc(C(F)(F)F)c3cn(C4CCCC([C@@H](C5CCC5)C5NNCN5C)C4)c(=O)n3c1)C2. The number of hydrogen-bond donors (Lipinski definition) is 2. The van der Waals surface area contributed by atoms with E-state index in [4.69, 9.17) is 0 Å². The third kappa shape index (κ3) is 5.32. The Labute approximate surface area is 250 Å². The Bertz CT molecular complexity index is 1400. The number of piperazine rings is 1. The first-order valence-electron chi connectivity index (χ1n) is 16.1. The molecule has 12 heteroatoms. The van der Waals surface area contributed by atoms with Crippen LogP contribution < -0.4 is 16.5 Å². The van der Waals surface area contributed by atoms with Gasteiger partial charge < -0.3 is 4.90 Å². The molecule has 2 aliphatic carbocycles. The van der Waals surface area contributed by atoms with E-state index in [2.05, 4.69) is 27.7 Å². The molecule has 2 saturated carbocycles. The molecule has 2 N–H and O–H groups in total. The number of imidazole rings is 1. The van der Waals surface area contributed by atoms with Crippen LogP contribution in [0.25, 0.3) is 5.52 Å². The van der Waals surface area contributed by atoms with Crippen molar-refractivity contribution in [2.75, 3.05) is 26.8 Å². The van der Waals surface area contributed by atoms with Crippen molar-refractivity contribution >= 4 is 11.4 Å². The second-order valence-corrected chi connectivity index (χ2v) is 13.9. The van der Waals surface area contributed by atoms with Gasteiger partial charge in [-0.05, 0) is 68.5 Å². The van der Waals surface area contributed by atoms with Crippen molar-refractivity contribution in [3.63, 3.8) is 0 Å². The van der Waals surface area contributed by atoms with Crippen LogP contribution in [0, 0.1) is 17.8 Å². The quantitative estimate of drug-likeness (QED) is 0.524. The summed E-state index contributed by atoms with van der Waals surface area (Å²) < 4.78 is 46.2. The highest BCUT2D eigenvalue weighted by atomic mass is 19.4. The number of fused-ring (bicyclic) bond motifs is 3. The molecule has 5 heterocycles. The lowest BCUT2D eigenvalue weighted by molar-refractivity contribution is -0.137. The Morgan fingerprint density at radius 1 is 1.00 bits per heavy atom. The molecular weight excluding hydrogens is 559 g/mol. The highest BCUT2D eigenvalue weighted by molar-refractivity contribution is 5.74. The Hall–Kier alpha value is -2.41. The summed E-state index contributed by atoms with van der Waals surface area (Å²) in [5, 5.41) is 0. The Morgan fingerprint density at radius 2 is 1.70 bits per heavy atom. The first kappa shape index (κ1) is 29.3. The van der Waals surface area contributed by atoms with Gasteiger partial charge in [-0.25, -0.2) is 15.6 Å². The van der Waals surface area contributed by atoms with Gasteiger partial charge in [0.1, 0.15) is 0 Å². The predicted octanol–water partition coefficient (Wildman–Crippen LogP) is 3.79. The molecule has 3 saturated heterocycles. The van der Waals surface area contributed by atoms with Crippen LogP contribution in [0.15, 0.2) is 23.3 Å². The second-order valence-electron chi connectivity index (χ2n) is 13.9. The van der Waals surface area contributed by atoms with Crippen LogP contribution in [0.5, 0.6) is 0 Å². The van der Waals surface area contributed by atoms with Gasteiger partial charge in [0.15, 0.2) is 0 Å². The van der Waals surface area contributed by atoms with Gasteiger partial charge in [0.2, 0.25) is 5.91 Å². The van der Waals surface area contributed by atoms with Gasteiger partial charge in [-0.1, -0.05) is 25.7 Å². The monoisotopic (exact) mass is 603 g/mol. The van der Waals surface area contributed by atoms with E-state index in [1.807, 2.05) is 4.90 Å². The summed E-state index contributed by atoms with van der Waals surface area (Å²) in [6, 6.07) is 1.31. The number of amides is 1. The van der Waals surface area contributed by atoms with Crippen LogP contribution in [-0.2, 0) is 17.5 Å². The summed E-state index contributed by atoms with van der Waals surface area (Å²) in [6.07, 6.45) is 7.92. The lowest BCUT2D eigenvalue weighted by Gasteiger charge is -2.46. The molecule has 7 rings (SSSR count). The smallest absolute Gasteiger partial charge is 0.334 e. The zero-order valence-corrected chi connectivity index (χ0v) is 25.2. The number of halogens is 3. The molecule has 2 aromatic rings. The van der Waals surface area contributed by atoms with E-state index in [-0.39, 0.29) is 41.4 Å². The lowest BCUT2D eigenvalue weighted by atomic mass is 9.65. The van der Waals surface area contributed by atoms with Gasteiger partial charge in [-0.3, -0.25) is 23.6 Å². The zero-order valence-electron chi connectivity index (χ0n) is 25.2. The molecule has 5 unspecified atom stereocenters. The van der Waals surface area contributed by atoms with Gasteiger partial charge >= 0.3 is 11.9 Å². The Balaban J connectivity index is 1.17. The van der Waals surface area contributed by atoms with Crippen molar-refractivity contribution in [2.45, 2.75) is 102 Å². The topological polar surface area (TPSA) is 77.3 Å². The molecule has 3 aliphatic heterocycles. The van der Waals surface area contributed by atoms with E-state index in [1.54, 1.807) is 17.7 Å². The standard InChI is InChI=1S/C31H44F3N7O2/c1-19(42)41-24-9-10-25(41)16-38(15-24)13-20-11-26(31(32,33)34)27-17-39(30(43)40(27)14-20)23-8-4-7-22(12-23)28(21-5-3-6-21)29-36-35-18-37(29)2/h11,14,17,21-25,28-29,35-36H,3-10,12-13,15-16,18H2,1-2H3/t22?,23?,24?,25?,28-,29?/m1/s1. The fourth-order valence-corrected chi connectivity index (χ4v) is 9.13. The number of aromatic nitrogens is 2. The largest absolute Gasteiger partial charge is 0.418 e. The first-order chi connectivity index (χ1) is 20.6.